The molecular weight excluding hydrogens is 196 g/mol. The lowest BCUT2D eigenvalue weighted by Gasteiger charge is -2.22. The highest BCUT2D eigenvalue weighted by Gasteiger charge is 2.23. The van der Waals surface area contributed by atoms with E-state index in [1.165, 1.54) is 18.4 Å². The summed E-state index contributed by atoms with van der Waals surface area (Å²) in [4.78, 5) is 2.38. The van der Waals surface area contributed by atoms with E-state index in [1.54, 1.807) is 0 Å². The number of anilines is 1. The number of rotatable bonds is 2. The fourth-order valence-corrected chi connectivity index (χ4v) is 2.54. The Kier molecular flexibility index (Phi) is 3.14. The van der Waals surface area contributed by atoms with Crippen molar-refractivity contribution < 1.29 is 0 Å². The Balaban J connectivity index is 2.31. The number of hydrogen-bond acceptors (Lipinski definition) is 2. The molecule has 1 aliphatic heterocycles. The van der Waals surface area contributed by atoms with E-state index in [2.05, 4.69) is 30.9 Å². The lowest BCUT2D eigenvalue weighted by Crippen LogP contribution is -2.21. The van der Waals surface area contributed by atoms with Crippen LogP contribution in [-0.4, -0.2) is 13.1 Å². The number of nitrogens with zero attached hydrogens (tertiary/aromatic N) is 2. The molecule has 1 saturated heterocycles. The molecule has 1 aliphatic rings. The molecule has 0 aliphatic carbocycles. The van der Waals surface area contributed by atoms with E-state index in [0.717, 1.165) is 30.3 Å². The summed E-state index contributed by atoms with van der Waals surface area (Å²) >= 11 is 0. The highest BCUT2D eigenvalue weighted by Crippen LogP contribution is 2.30. The molecule has 16 heavy (non-hydrogen) atoms. The van der Waals surface area contributed by atoms with Crippen molar-refractivity contribution in [2.45, 2.75) is 26.7 Å². The summed E-state index contributed by atoms with van der Waals surface area (Å²) in [7, 11) is 0. The first-order valence-corrected chi connectivity index (χ1v) is 6.01. The van der Waals surface area contributed by atoms with Crippen LogP contribution in [0.2, 0.25) is 0 Å². The van der Waals surface area contributed by atoms with Crippen LogP contribution in [0.3, 0.4) is 0 Å². The van der Waals surface area contributed by atoms with Gasteiger partial charge in [-0.2, -0.15) is 5.26 Å². The van der Waals surface area contributed by atoms with Gasteiger partial charge in [0.1, 0.15) is 6.07 Å². The van der Waals surface area contributed by atoms with E-state index >= 15 is 0 Å². The van der Waals surface area contributed by atoms with Crippen LogP contribution in [-0.2, 0) is 0 Å². The third-order valence-electron chi connectivity index (χ3n) is 3.54. The molecule has 1 aromatic carbocycles. The van der Waals surface area contributed by atoms with Gasteiger partial charge in [-0.15, -0.1) is 0 Å². The molecular formula is C14H18N2. The minimum absolute atomic E-state index is 0.797. The molecule has 0 aromatic heterocycles. The largest absolute Gasteiger partial charge is 0.370 e. The summed E-state index contributed by atoms with van der Waals surface area (Å²) in [6, 6.07) is 8.28. The zero-order valence-electron chi connectivity index (χ0n) is 10.0. The minimum Gasteiger partial charge on any atom is -0.370 e. The molecule has 1 atom stereocenters. The third kappa shape index (κ3) is 1.90. The zero-order chi connectivity index (χ0) is 11.5. The summed E-state index contributed by atoms with van der Waals surface area (Å²) in [5.41, 5.74) is 3.19. The molecule has 0 radical (unpaired) electrons. The Morgan fingerprint density at radius 1 is 1.50 bits per heavy atom. The van der Waals surface area contributed by atoms with Crippen molar-refractivity contribution in [1.82, 2.24) is 0 Å². The summed E-state index contributed by atoms with van der Waals surface area (Å²) in [5, 5.41) is 9.15. The van der Waals surface area contributed by atoms with Gasteiger partial charge in [0.2, 0.25) is 0 Å². The molecule has 1 heterocycles. The van der Waals surface area contributed by atoms with Crippen molar-refractivity contribution in [3.63, 3.8) is 0 Å². The lowest BCUT2D eigenvalue weighted by molar-refractivity contribution is 0.569. The van der Waals surface area contributed by atoms with Gasteiger partial charge >= 0.3 is 0 Å². The Bertz CT molecular complexity index is 417. The van der Waals surface area contributed by atoms with Gasteiger partial charge in [0.25, 0.3) is 0 Å². The second-order valence-corrected chi connectivity index (χ2v) is 4.59. The standard InChI is InChI=1S/C14H18N2/c1-3-12-7-8-16(10-12)14-11(2)5-4-6-13(14)9-15/h4-6,12H,3,7-8,10H2,1-2H3. The maximum atomic E-state index is 9.15. The monoisotopic (exact) mass is 214 g/mol. The molecule has 1 fully saturated rings. The molecule has 84 valence electrons. The first-order valence-electron chi connectivity index (χ1n) is 6.01. The van der Waals surface area contributed by atoms with Crippen LogP contribution in [0.4, 0.5) is 5.69 Å². The Morgan fingerprint density at radius 3 is 2.94 bits per heavy atom. The van der Waals surface area contributed by atoms with Crippen molar-refractivity contribution in [2.75, 3.05) is 18.0 Å². The topological polar surface area (TPSA) is 27.0 Å². The van der Waals surface area contributed by atoms with Crippen LogP contribution in [0.15, 0.2) is 18.2 Å². The first kappa shape index (κ1) is 11.0. The third-order valence-corrected chi connectivity index (χ3v) is 3.54. The van der Waals surface area contributed by atoms with Crippen LogP contribution in [0.1, 0.15) is 30.9 Å². The van der Waals surface area contributed by atoms with Crippen molar-refractivity contribution in [3.05, 3.63) is 29.3 Å². The fourth-order valence-electron chi connectivity index (χ4n) is 2.54. The first-order chi connectivity index (χ1) is 7.76. The number of hydrogen-bond donors (Lipinski definition) is 0. The van der Waals surface area contributed by atoms with Gasteiger partial charge in [0.15, 0.2) is 0 Å². The van der Waals surface area contributed by atoms with Crippen molar-refractivity contribution in [3.8, 4) is 6.07 Å². The van der Waals surface area contributed by atoms with Crippen LogP contribution >= 0.6 is 0 Å². The van der Waals surface area contributed by atoms with Gasteiger partial charge in [-0.05, 0) is 30.9 Å². The van der Waals surface area contributed by atoms with Crippen LogP contribution in [0.25, 0.3) is 0 Å². The maximum absolute atomic E-state index is 9.15. The minimum atomic E-state index is 0.797. The molecule has 0 N–H and O–H groups in total. The quantitative estimate of drug-likeness (QED) is 0.756. The van der Waals surface area contributed by atoms with Gasteiger partial charge in [-0.3, -0.25) is 0 Å². The van der Waals surface area contributed by atoms with Gasteiger partial charge in [-0.25, -0.2) is 0 Å². The maximum Gasteiger partial charge on any atom is 0.101 e. The lowest BCUT2D eigenvalue weighted by atomic mass is 10.1. The summed E-state index contributed by atoms with van der Waals surface area (Å²) < 4.78 is 0. The second kappa shape index (κ2) is 4.57. The van der Waals surface area contributed by atoms with Crippen LogP contribution in [0, 0.1) is 24.2 Å². The summed E-state index contributed by atoms with van der Waals surface area (Å²) in [6.07, 6.45) is 2.50. The average molecular weight is 214 g/mol. The van der Waals surface area contributed by atoms with Crippen LogP contribution < -0.4 is 4.90 Å². The Morgan fingerprint density at radius 2 is 2.31 bits per heavy atom. The molecule has 2 nitrogen and oxygen atoms in total. The molecule has 1 unspecified atom stereocenters. The smallest absolute Gasteiger partial charge is 0.101 e. The molecule has 1 aromatic rings. The molecule has 0 saturated carbocycles. The zero-order valence-corrected chi connectivity index (χ0v) is 10.0. The molecule has 2 rings (SSSR count). The summed E-state index contributed by atoms with van der Waals surface area (Å²) in [6.45, 7) is 6.54. The SMILES string of the molecule is CCC1CCN(c2c(C)cccc2C#N)C1. The van der Waals surface area contributed by atoms with E-state index in [-0.39, 0.29) is 0 Å². The van der Waals surface area contributed by atoms with Gasteiger partial charge in [0, 0.05) is 13.1 Å². The van der Waals surface area contributed by atoms with Crippen LogP contribution in [0.5, 0.6) is 0 Å². The number of nitriles is 1. The fraction of sp³-hybridized carbons (Fsp3) is 0.500. The highest BCUT2D eigenvalue weighted by atomic mass is 15.2. The second-order valence-electron chi connectivity index (χ2n) is 4.59. The highest BCUT2D eigenvalue weighted by molar-refractivity contribution is 5.64. The van der Waals surface area contributed by atoms with E-state index in [0.29, 0.717) is 0 Å². The van der Waals surface area contributed by atoms with Gasteiger partial charge in [0.05, 0.1) is 11.3 Å². The van der Waals surface area contributed by atoms with E-state index in [9.17, 15) is 0 Å². The number of benzene rings is 1. The molecule has 2 heteroatoms. The van der Waals surface area contributed by atoms with E-state index in [4.69, 9.17) is 5.26 Å². The van der Waals surface area contributed by atoms with Crippen molar-refractivity contribution >= 4 is 5.69 Å². The number of aryl methyl sites for hydroxylation is 1. The average Bonchev–Trinajstić information content (AvgIpc) is 2.76. The van der Waals surface area contributed by atoms with Crippen molar-refractivity contribution in [2.24, 2.45) is 5.92 Å². The summed E-state index contributed by atoms with van der Waals surface area (Å²) in [5.74, 6) is 0.797. The normalized spacial score (nSPS) is 19.8. The molecule has 0 bridgehead atoms. The predicted molar refractivity (Wildman–Crippen MR) is 66.5 cm³/mol. The number of para-hydroxylation sites is 1. The van der Waals surface area contributed by atoms with Gasteiger partial charge < -0.3 is 4.90 Å². The van der Waals surface area contributed by atoms with E-state index in [1.807, 2.05) is 12.1 Å². The van der Waals surface area contributed by atoms with Crippen molar-refractivity contribution in [1.29, 1.82) is 5.26 Å². The molecule has 0 amide bonds. The predicted octanol–water partition coefficient (Wildman–Crippen LogP) is 3.10. The Hall–Kier alpha value is -1.49. The molecule has 0 spiro atoms. The van der Waals surface area contributed by atoms with Gasteiger partial charge in [-0.1, -0.05) is 25.5 Å². The van der Waals surface area contributed by atoms with E-state index < -0.39 is 0 Å². The Labute approximate surface area is 97.5 Å².